The number of nitrogens with two attached hydrogens (primary N) is 1. The quantitative estimate of drug-likeness (QED) is 0.631. The Balaban J connectivity index is 2.20. The van der Waals surface area contributed by atoms with E-state index in [-0.39, 0.29) is 6.04 Å². The van der Waals surface area contributed by atoms with Crippen LogP contribution >= 0.6 is 27.5 Å². The topological polar surface area (TPSA) is 26.0 Å². The Hall–Kier alpha value is -1.35. The van der Waals surface area contributed by atoms with Crippen molar-refractivity contribution in [2.24, 2.45) is 5.73 Å². The molecule has 1 atom stereocenters. The number of rotatable bonds is 2. The molecule has 2 N–H and O–H groups in total. The SMILES string of the molecule is Cc1ccc(C(N)c2cc(Cl)ccc2Br)c2ccccc12. The van der Waals surface area contributed by atoms with Crippen molar-refractivity contribution in [3.8, 4) is 0 Å². The van der Waals surface area contributed by atoms with Gasteiger partial charge < -0.3 is 5.73 Å². The van der Waals surface area contributed by atoms with Crippen molar-refractivity contribution in [1.29, 1.82) is 0 Å². The van der Waals surface area contributed by atoms with Gasteiger partial charge >= 0.3 is 0 Å². The van der Waals surface area contributed by atoms with Crippen LogP contribution in [0.5, 0.6) is 0 Å². The molecule has 0 aliphatic rings. The first kappa shape index (κ1) is 14.6. The van der Waals surface area contributed by atoms with Gasteiger partial charge in [0.2, 0.25) is 0 Å². The van der Waals surface area contributed by atoms with Crippen LogP contribution in [0.4, 0.5) is 0 Å². The summed E-state index contributed by atoms with van der Waals surface area (Å²) in [6, 6.07) is 18.1. The van der Waals surface area contributed by atoms with Gasteiger partial charge in [-0.25, -0.2) is 0 Å². The zero-order chi connectivity index (χ0) is 15.0. The average Bonchev–Trinajstić information content (AvgIpc) is 2.50. The maximum Gasteiger partial charge on any atom is 0.0569 e. The molecule has 0 bridgehead atoms. The average molecular weight is 361 g/mol. The minimum absolute atomic E-state index is 0.219. The lowest BCUT2D eigenvalue weighted by atomic mass is 9.92. The van der Waals surface area contributed by atoms with Crippen molar-refractivity contribution in [1.82, 2.24) is 0 Å². The Morgan fingerprint density at radius 3 is 2.43 bits per heavy atom. The Morgan fingerprint density at radius 1 is 0.952 bits per heavy atom. The number of halogens is 2. The molecule has 0 aromatic heterocycles. The lowest BCUT2D eigenvalue weighted by molar-refractivity contribution is 0.874. The first-order chi connectivity index (χ1) is 10.1. The Bertz CT molecular complexity index is 813. The zero-order valence-corrected chi connectivity index (χ0v) is 13.9. The summed E-state index contributed by atoms with van der Waals surface area (Å²) in [7, 11) is 0. The van der Waals surface area contributed by atoms with E-state index in [2.05, 4.69) is 53.2 Å². The molecular formula is C18H15BrClN. The van der Waals surface area contributed by atoms with Crippen LogP contribution in [0.1, 0.15) is 22.7 Å². The third kappa shape index (κ3) is 2.71. The second-order valence-electron chi connectivity index (χ2n) is 5.16. The highest BCUT2D eigenvalue weighted by molar-refractivity contribution is 9.10. The van der Waals surface area contributed by atoms with Crippen LogP contribution in [0.15, 0.2) is 59.1 Å². The second-order valence-corrected chi connectivity index (χ2v) is 6.45. The summed E-state index contributed by atoms with van der Waals surface area (Å²) in [5.74, 6) is 0. The minimum Gasteiger partial charge on any atom is -0.320 e. The van der Waals surface area contributed by atoms with Gasteiger partial charge in [0.25, 0.3) is 0 Å². The molecule has 21 heavy (non-hydrogen) atoms. The maximum absolute atomic E-state index is 6.51. The monoisotopic (exact) mass is 359 g/mol. The molecule has 3 rings (SSSR count). The number of fused-ring (bicyclic) bond motifs is 1. The van der Waals surface area contributed by atoms with E-state index < -0.39 is 0 Å². The van der Waals surface area contributed by atoms with Crippen molar-refractivity contribution in [3.63, 3.8) is 0 Å². The number of aryl methyl sites for hydroxylation is 1. The van der Waals surface area contributed by atoms with Crippen LogP contribution in [0.3, 0.4) is 0 Å². The summed E-state index contributed by atoms with van der Waals surface area (Å²) in [5, 5.41) is 3.13. The van der Waals surface area contributed by atoms with Crippen LogP contribution in [0, 0.1) is 6.92 Å². The molecular weight excluding hydrogens is 346 g/mol. The summed E-state index contributed by atoms with van der Waals surface area (Å²) in [5.41, 5.74) is 9.88. The van der Waals surface area contributed by atoms with Crippen molar-refractivity contribution in [2.45, 2.75) is 13.0 Å². The van der Waals surface area contributed by atoms with Gasteiger partial charge in [0.1, 0.15) is 0 Å². The standard InChI is InChI=1S/C18H15BrClN/c1-11-6-8-15(14-5-3-2-4-13(11)14)18(21)16-10-12(20)7-9-17(16)19/h2-10,18H,21H2,1H3. The highest BCUT2D eigenvalue weighted by Gasteiger charge is 2.16. The van der Waals surface area contributed by atoms with Crippen LogP contribution in [-0.2, 0) is 0 Å². The number of benzene rings is 3. The smallest absolute Gasteiger partial charge is 0.0569 e. The fraction of sp³-hybridized carbons (Fsp3) is 0.111. The largest absolute Gasteiger partial charge is 0.320 e. The normalized spacial score (nSPS) is 12.6. The molecule has 0 aliphatic heterocycles. The summed E-state index contributed by atoms with van der Waals surface area (Å²) in [6.45, 7) is 2.12. The molecule has 3 aromatic carbocycles. The Labute approximate surface area is 137 Å². The summed E-state index contributed by atoms with van der Waals surface area (Å²) in [6.07, 6.45) is 0. The van der Waals surface area contributed by atoms with Gasteiger partial charge in [-0.1, -0.05) is 63.9 Å². The van der Waals surface area contributed by atoms with Crippen molar-refractivity contribution in [2.75, 3.05) is 0 Å². The molecule has 0 fully saturated rings. The molecule has 0 amide bonds. The fourth-order valence-electron chi connectivity index (χ4n) is 2.66. The number of hydrogen-bond acceptors (Lipinski definition) is 1. The van der Waals surface area contributed by atoms with Gasteiger partial charge in [-0.05, 0) is 52.6 Å². The first-order valence-corrected chi connectivity index (χ1v) is 7.94. The Morgan fingerprint density at radius 2 is 1.67 bits per heavy atom. The van der Waals surface area contributed by atoms with Crippen LogP contribution in [-0.4, -0.2) is 0 Å². The molecule has 0 saturated carbocycles. The lowest BCUT2D eigenvalue weighted by Gasteiger charge is -2.18. The van der Waals surface area contributed by atoms with Crippen LogP contribution in [0.2, 0.25) is 5.02 Å². The van der Waals surface area contributed by atoms with E-state index in [1.54, 1.807) is 0 Å². The molecule has 0 spiro atoms. The molecule has 0 heterocycles. The van der Waals surface area contributed by atoms with E-state index in [4.69, 9.17) is 17.3 Å². The number of hydrogen-bond donors (Lipinski definition) is 1. The predicted octanol–water partition coefficient (Wildman–Crippen LogP) is 5.61. The molecule has 3 aromatic rings. The molecule has 3 heteroatoms. The second kappa shape index (κ2) is 5.80. The van der Waals surface area contributed by atoms with Crippen molar-refractivity contribution < 1.29 is 0 Å². The van der Waals surface area contributed by atoms with Gasteiger partial charge in [-0.2, -0.15) is 0 Å². The molecule has 0 saturated heterocycles. The highest BCUT2D eigenvalue weighted by atomic mass is 79.9. The van der Waals surface area contributed by atoms with Crippen molar-refractivity contribution >= 4 is 38.3 Å². The van der Waals surface area contributed by atoms with Crippen LogP contribution < -0.4 is 5.73 Å². The maximum atomic E-state index is 6.51. The third-order valence-electron chi connectivity index (χ3n) is 3.80. The third-order valence-corrected chi connectivity index (χ3v) is 4.76. The summed E-state index contributed by atoms with van der Waals surface area (Å²) < 4.78 is 0.976. The lowest BCUT2D eigenvalue weighted by Crippen LogP contribution is -2.13. The summed E-state index contributed by atoms with van der Waals surface area (Å²) >= 11 is 9.68. The van der Waals surface area contributed by atoms with E-state index in [0.717, 1.165) is 15.6 Å². The molecule has 1 unspecified atom stereocenters. The molecule has 0 radical (unpaired) electrons. The van der Waals surface area contributed by atoms with Gasteiger partial charge in [0.05, 0.1) is 6.04 Å². The van der Waals surface area contributed by atoms with E-state index in [1.807, 2.05) is 24.3 Å². The molecule has 0 aliphatic carbocycles. The molecule has 1 nitrogen and oxygen atoms in total. The van der Waals surface area contributed by atoms with Gasteiger partial charge in [0, 0.05) is 9.50 Å². The minimum atomic E-state index is -0.219. The van der Waals surface area contributed by atoms with Gasteiger partial charge in [-0.15, -0.1) is 0 Å². The highest BCUT2D eigenvalue weighted by Crippen LogP contribution is 2.33. The molecule has 106 valence electrons. The predicted molar refractivity (Wildman–Crippen MR) is 93.9 cm³/mol. The Kier molecular flexibility index (Phi) is 4.03. The first-order valence-electron chi connectivity index (χ1n) is 6.76. The van der Waals surface area contributed by atoms with Crippen LogP contribution in [0.25, 0.3) is 10.8 Å². The fourth-order valence-corrected chi connectivity index (χ4v) is 3.34. The van der Waals surface area contributed by atoms with Gasteiger partial charge in [0.15, 0.2) is 0 Å². The van der Waals surface area contributed by atoms with E-state index in [0.29, 0.717) is 5.02 Å². The van der Waals surface area contributed by atoms with E-state index in [1.165, 1.54) is 16.3 Å². The zero-order valence-electron chi connectivity index (χ0n) is 11.6. The van der Waals surface area contributed by atoms with E-state index >= 15 is 0 Å². The van der Waals surface area contributed by atoms with Gasteiger partial charge in [-0.3, -0.25) is 0 Å². The van der Waals surface area contributed by atoms with Crippen molar-refractivity contribution in [3.05, 3.63) is 80.8 Å². The van der Waals surface area contributed by atoms with E-state index in [9.17, 15) is 0 Å². The summed E-state index contributed by atoms with van der Waals surface area (Å²) in [4.78, 5) is 0.